The number of nitro groups is 1. The van der Waals surface area contributed by atoms with Gasteiger partial charge in [0.15, 0.2) is 11.5 Å². The normalized spacial score (nSPS) is 10.3. The Bertz CT molecular complexity index is 442. The van der Waals surface area contributed by atoms with Crippen LogP contribution in [0, 0.1) is 10.1 Å². The van der Waals surface area contributed by atoms with Crippen LogP contribution >= 0.6 is 27.7 Å². The molecule has 0 aliphatic rings. The van der Waals surface area contributed by atoms with Gasteiger partial charge in [0.1, 0.15) is 0 Å². The second-order valence-electron chi connectivity index (χ2n) is 3.57. The molecular weight excluding hydrogens is 334 g/mol. The molecule has 106 valence electrons. The van der Waals surface area contributed by atoms with Crippen LogP contribution in [0.15, 0.2) is 12.1 Å². The number of nitro benzene ring substituents is 1. The van der Waals surface area contributed by atoms with E-state index in [9.17, 15) is 10.1 Å². The Morgan fingerprint density at radius 3 is 2.68 bits per heavy atom. The molecule has 0 aliphatic carbocycles. The maximum absolute atomic E-state index is 11.0. The molecule has 0 unspecified atom stereocenters. The van der Waals surface area contributed by atoms with E-state index in [2.05, 4.69) is 22.9 Å². The van der Waals surface area contributed by atoms with Crippen molar-refractivity contribution >= 4 is 33.4 Å². The van der Waals surface area contributed by atoms with Crippen molar-refractivity contribution in [3.8, 4) is 11.5 Å². The number of ether oxygens (including phenoxy) is 2. The van der Waals surface area contributed by atoms with E-state index in [0.29, 0.717) is 29.0 Å². The Morgan fingerprint density at radius 1 is 1.42 bits per heavy atom. The number of nitrogens with zero attached hydrogens (tertiary/aromatic N) is 1. The fourth-order valence-corrected chi connectivity index (χ4v) is 2.43. The van der Waals surface area contributed by atoms with Crippen LogP contribution in [0.3, 0.4) is 0 Å². The Kier molecular flexibility index (Phi) is 7.01. The van der Waals surface area contributed by atoms with E-state index in [1.807, 2.05) is 0 Å². The molecule has 5 nitrogen and oxygen atoms in total. The zero-order valence-corrected chi connectivity index (χ0v) is 13.3. The molecule has 0 radical (unpaired) electrons. The minimum atomic E-state index is -0.413. The highest BCUT2D eigenvalue weighted by atomic mass is 79.9. The van der Waals surface area contributed by atoms with Crippen molar-refractivity contribution in [2.24, 2.45) is 0 Å². The lowest BCUT2D eigenvalue weighted by atomic mass is 10.2. The summed E-state index contributed by atoms with van der Waals surface area (Å²) in [6.45, 7) is 2.57. The third-order valence-electron chi connectivity index (χ3n) is 2.39. The average Bonchev–Trinajstić information content (AvgIpc) is 2.42. The van der Waals surface area contributed by atoms with Crippen LogP contribution in [0.1, 0.15) is 12.5 Å². The van der Waals surface area contributed by atoms with E-state index in [4.69, 9.17) is 9.47 Å². The average molecular weight is 350 g/mol. The zero-order valence-electron chi connectivity index (χ0n) is 10.8. The maximum atomic E-state index is 11.0. The van der Waals surface area contributed by atoms with Crippen LogP contribution in [0.5, 0.6) is 11.5 Å². The van der Waals surface area contributed by atoms with Crippen LogP contribution in [-0.2, 0) is 5.33 Å². The molecule has 0 atom stereocenters. The first kappa shape index (κ1) is 16.1. The smallest absolute Gasteiger partial charge is 0.277 e. The molecule has 0 saturated heterocycles. The topological polar surface area (TPSA) is 61.6 Å². The Labute approximate surface area is 124 Å². The number of methoxy groups -OCH3 is 1. The Balaban J connectivity index is 2.94. The van der Waals surface area contributed by atoms with E-state index in [0.717, 1.165) is 11.5 Å². The first-order valence-electron chi connectivity index (χ1n) is 5.75. The highest BCUT2D eigenvalue weighted by Crippen LogP contribution is 2.35. The molecule has 1 aromatic carbocycles. The number of hydrogen-bond acceptors (Lipinski definition) is 5. The van der Waals surface area contributed by atoms with E-state index < -0.39 is 4.92 Å². The molecule has 0 saturated carbocycles. The molecule has 0 N–H and O–H groups in total. The van der Waals surface area contributed by atoms with Gasteiger partial charge in [-0.1, -0.05) is 22.9 Å². The number of thioether (sulfide) groups is 1. The lowest BCUT2D eigenvalue weighted by Crippen LogP contribution is -2.04. The largest absolute Gasteiger partial charge is 0.493 e. The van der Waals surface area contributed by atoms with Gasteiger partial charge in [-0.2, -0.15) is 11.8 Å². The van der Waals surface area contributed by atoms with Gasteiger partial charge in [-0.3, -0.25) is 10.1 Å². The van der Waals surface area contributed by atoms with Crippen molar-refractivity contribution in [2.75, 3.05) is 25.2 Å². The fourth-order valence-electron chi connectivity index (χ4n) is 1.50. The monoisotopic (exact) mass is 349 g/mol. The second-order valence-corrected chi connectivity index (χ2v) is 5.52. The molecule has 0 fully saturated rings. The third-order valence-corrected chi connectivity index (χ3v) is 3.86. The first-order valence-corrected chi connectivity index (χ1v) is 8.03. The van der Waals surface area contributed by atoms with Crippen LogP contribution in [-0.4, -0.2) is 30.1 Å². The SMILES string of the molecule is CCSCCOc1cc([N+](=O)[O-])c(CBr)cc1OC. The summed E-state index contributed by atoms with van der Waals surface area (Å²) >= 11 is 4.99. The molecular formula is C12H16BrNO4S. The van der Waals surface area contributed by atoms with Crippen molar-refractivity contribution in [2.45, 2.75) is 12.3 Å². The maximum Gasteiger partial charge on any atom is 0.277 e. The highest BCUT2D eigenvalue weighted by molar-refractivity contribution is 9.08. The van der Waals surface area contributed by atoms with Gasteiger partial charge in [0.2, 0.25) is 0 Å². The molecule has 19 heavy (non-hydrogen) atoms. The highest BCUT2D eigenvalue weighted by Gasteiger charge is 2.18. The predicted octanol–water partition coefficient (Wildman–Crippen LogP) is 3.63. The Morgan fingerprint density at radius 2 is 2.16 bits per heavy atom. The van der Waals surface area contributed by atoms with Gasteiger partial charge in [0.05, 0.1) is 24.7 Å². The molecule has 0 heterocycles. The minimum absolute atomic E-state index is 0.0378. The molecule has 0 amide bonds. The van der Waals surface area contributed by atoms with Crippen molar-refractivity contribution in [1.29, 1.82) is 0 Å². The van der Waals surface area contributed by atoms with Crippen molar-refractivity contribution in [1.82, 2.24) is 0 Å². The Hall–Kier alpha value is -0.950. The quantitative estimate of drug-likeness (QED) is 0.310. The van der Waals surface area contributed by atoms with Gasteiger partial charge in [-0.15, -0.1) is 0 Å². The summed E-state index contributed by atoms with van der Waals surface area (Å²) in [7, 11) is 1.52. The van der Waals surface area contributed by atoms with Gasteiger partial charge in [-0.25, -0.2) is 0 Å². The summed E-state index contributed by atoms with van der Waals surface area (Å²) in [4.78, 5) is 10.6. The van der Waals surface area contributed by atoms with E-state index in [-0.39, 0.29) is 5.69 Å². The summed E-state index contributed by atoms with van der Waals surface area (Å²) < 4.78 is 10.8. The lowest BCUT2D eigenvalue weighted by molar-refractivity contribution is -0.385. The predicted molar refractivity (Wildman–Crippen MR) is 80.8 cm³/mol. The summed E-state index contributed by atoms with van der Waals surface area (Å²) in [5.74, 6) is 2.79. The van der Waals surface area contributed by atoms with Crippen LogP contribution < -0.4 is 9.47 Å². The van der Waals surface area contributed by atoms with Crippen molar-refractivity contribution < 1.29 is 14.4 Å². The summed E-state index contributed by atoms with van der Waals surface area (Å²) in [6, 6.07) is 3.06. The number of halogens is 1. The van der Waals surface area contributed by atoms with E-state index in [1.165, 1.54) is 13.2 Å². The fraction of sp³-hybridized carbons (Fsp3) is 0.500. The first-order chi connectivity index (χ1) is 9.13. The standard InChI is InChI=1S/C12H16BrNO4S/c1-3-19-5-4-18-12-7-10(14(15)16)9(8-13)6-11(12)17-2/h6-7H,3-5,8H2,1-2H3. The van der Waals surface area contributed by atoms with Crippen LogP contribution in [0.25, 0.3) is 0 Å². The molecule has 7 heteroatoms. The van der Waals surface area contributed by atoms with E-state index >= 15 is 0 Å². The van der Waals surface area contributed by atoms with E-state index in [1.54, 1.807) is 17.8 Å². The third kappa shape index (κ3) is 4.58. The number of hydrogen-bond donors (Lipinski definition) is 0. The number of rotatable bonds is 8. The number of benzene rings is 1. The number of alkyl halides is 1. The van der Waals surface area contributed by atoms with Gasteiger partial charge in [0, 0.05) is 16.6 Å². The molecule has 1 aromatic rings. The van der Waals surface area contributed by atoms with Crippen LogP contribution in [0.4, 0.5) is 5.69 Å². The molecule has 0 bridgehead atoms. The van der Waals surface area contributed by atoms with Crippen molar-refractivity contribution in [3.63, 3.8) is 0 Å². The zero-order chi connectivity index (χ0) is 14.3. The summed E-state index contributed by atoms with van der Waals surface area (Å²) in [6.07, 6.45) is 0. The summed E-state index contributed by atoms with van der Waals surface area (Å²) in [5.41, 5.74) is 0.605. The lowest BCUT2D eigenvalue weighted by Gasteiger charge is -2.11. The van der Waals surface area contributed by atoms with Gasteiger partial charge >= 0.3 is 0 Å². The molecule has 0 spiro atoms. The van der Waals surface area contributed by atoms with Crippen LogP contribution in [0.2, 0.25) is 0 Å². The molecule has 0 aliphatic heterocycles. The summed E-state index contributed by atoms with van der Waals surface area (Å²) in [5, 5.41) is 11.4. The molecule has 1 rings (SSSR count). The van der Waals surface area contributed by atoms with Gasteiger partial charge in [0.25, 0.3) is 5.69 Å². The molecule has 0 aromatic heterocycles. The minimum Gasteiger partial charge on any atom is -0.493 e. The van der Waals surface area contributed by atoms with Gasteiger partial charge < -0.3 is 9.47 Å². The second kappa shape index (κ2) is 8.27. The van der Waals surface area contributed by atoms with Crippen molar-refractivity contribution in [3.05, 3.63) is 27.8 Å². The van der Waals surface area contributed by atoms with Gasteiger partial charge in [-0.05, 0) is 11.8 Å².